The van der Waals surface area contributed by atoms with Gasteiger partial charge in [0.05, 0.1) is 0 Å². The van der Waals surface area contributed by atoms with Gasteiger partial charge in [-0.2, -0.15) is 0 Å². The van der Waals surface area contributed by atoms with Crippen LogP contribution in [-0.4, -0.2) is 35.1 Å². The van der Waals surface area contributed by atoms with Gasteiger partial charge in [-0.3, -0.25) is 14.6 Å². The predicted molar refractivity (Wildman–Crippen MR) is 38.7 cm³/mol. The van der Waals surface area contributed by atoms with Gasteiger partial charge in [-0.15, -0.1) is 0 Å². The van der Waals surface area contributed by atoms with Gasteiger partial charge in [-0.1, -0.05) is 0 Å². The van der Waals surface area contributed by atoms with E-state index in [0.717, 1.165) is 0 Å². The Labute approximate surface area is 65.0 Å². The first kappa shape index (κ1) is 9.90. The highest BCUT2D eigenvalue weighted by Gasteiger charge is 2.05. The second-order valence-electron chi connectivity index (χ2n) is 1.99. The Morgan fingerprint density at radius 1 is 1.55 bits per heavy atom. The largest absolute Gasteiger partial charge is 0.480 e. The molecular formula is C6H12N2O3. The standard InChI is InChI=1S/C6H12N2O3/c1-3-8(5(2)9)7-4-6(10)11/h7H,3-4H2,1-2H3,(H,10,11). The minimum Gasteiger partial charge on any atom is -0.480 e. The van der Waals surface area contributed by atoms with Crippen LogP contribution in [-0.2, 0) is 9.59 Å². The molecule has 0 aromatic heterocycles. The molecule has 0 spiro atoms. The van der Waals surface area contributed by atoms with Gasteiger partial charge in [0.1, 0.15) is 6.54 Å². The number of rotatable bonds is 4. The molecule has 0 aliphatic rings. The van der Waals surface area contributed by atoms with Gasteiger partial charge < -0.3 is 5.11 Å². The zero-order chi connectivity index (χ0) is 8.85. The normalized spacial score (nSPS) is 9.27. The smallest absolute Gasteiger partial charge is 0.319 e. The third kappa shape index (κ3) is 4.32. The third-order valence-corrected chi connectivity index (χ3v) is 1.12. The molecule has 0 saturated heterocycles. The van der Waals surface area contributed by atoms with Crippen LogP contribution >= 0.6 is 0 Å². The van der Waals surface area contributed by atoms with Crippen LogP contribution < -0.4 is 5.43 Å². The van der Waals surface area contributed by atoms with Gasteiger partial charge in [0.15, 0.2) is 0 Å². The van der Waals surface area contributed by atoms with Crippen molar-refractivity contribution in [2.24, 2.45) is 0 Å². The van der Waals surface area contributed by atoms with Crippen molar-refractivity contribution in [3.05, 3.63) is 0 Å². The Kier molecular flexibility index (Phi) is 4.21. The Bertz CT molecular complexity index is 158. The minimum atomic E-state index is -0.982. The average molecular weight is 160 g/mol. The highest BCUT2D eigenvalue weighted by molar-refractivity contribution is 5.74. The fraction of sp³-hybridized carbons (Fsp3) is 0.667. The van der Waals surface area contributed by atoms with E-state index in [1.165, 1.54) is 11.9 Å². The second-order valence-corrected chi connectivity index (χ2v) is 1.99. The molecule has 0 aliphatic heterocycles. The van der Waals surface area contributed by atoms with E-state index in [-0.39, 0.29) is 12.5 Å². The van der Waals surface area contributed by atoms with Crippen LogP contribution in [0.25, 0.3) is 0 Å². The number of nitrogens with zero attached hydrogens (tertiary/aromatic N) is 1. The van der Waals surface area contributed by atoms with Crippen LogP contribution in [0.1, 0.15) is 13.8 Å². The van der Waals surface area contributed by atoms with E-state index in [0.29, 0.717) is 6.54 Å². The monoisotopic (exact) mass is 160 g/mol. The summed E-state index contributed by atoms with van der Waals surface area (Å²) in [6.07, 6.45) is 0. The maximum absolute atomic E-state index is 10.7. The van der Waals surface area contributed by atoms with Crippen molar-refractivity contribution < 1.29 is 14.7 Å². The molecular weight excluding hydrogens is 148 g/mol. The number of aliphatic carboxylic acids is 1. The first-order valence-electron chi connectivity index (χ1n) is 3.31. The molecule has 0 fully saturated rings. The van der Waals surface area contributed by atoms with Gasteiger partial charge in [0.2, 0.25) is 5.91 Å². The lowest BCUT2D eigenvalue weighted by molar-refractivity contribution is -0.139. The number of carboxylic acid groups (broad SMARTS) is 1. The first-order valence-corrected chi connectivity index (χ1v) is 3.31. The van der Waals surface area contributed by atoms with E-state index in [1.54, 1.807) is 6.92 Å². The lowest BCUT2D eigenvalue weighted by atomic mass is 10.6. The molecule has 0 aliphatic carbocycles. The van der Waals surface area contributed by atoms with E-state index >= 15 is 0 Å². The first-order chi connectivity index (χ1) is 5.07. The van der Waals surface area contributed by atoms with Gasteiger partial charge in [-0.25, -0.2) is 5.43 Å². The molecule has 1 amide bonds. The van der Waals surface area contributed by atoms with Crippen LogP contribution in [0.2, 0.25) is 0 Å². The molecule has 11 heavy (non-hydrogen) atoms. The summed E-state index contributed by atoms with van der Waals surface area (Å²) in [6, 6.07) is 0. The lowest BCUT2D eigenvalue weighted by Crippen LogP contribution is -2.43. The third-order valence-electron chi connectivity index (χ3n) is 1.12. The Hall–Kier alpha value is -1.10. The highest BCUT2D eigenvalue weighted by Crippen LogP contribution is 1.81. The van der Waals surface area contributed by atoms with Crippen LogP contribution in [0.5, 0.6) is 0 Å². The summed E-state index contributed by atoms with van der Waals surface area (Å²) in [7, 11) is 0. The fourth-order valence-electron chi connectivity index (χ4n) is 0.609. The quantitative estimate of drug-likeness (QED) is 0.541. The van der Waals surface area contributed by atoms with Gasteiger partial charge in [-0.05, 0) is 6.92 Å². The number of carbonyl (C=O) groups is 2. The number of hydrazine groups is 1. The highest BCUT2D eigenvalue weighted by atomic mass is 16.4. The molecule has 2 N–H and O–H groups in total. The molecule has 0 radical (unpaired) electrons. The maximum atomic E-state index is 10.7. The Morgan fingerprint density at radius 3 is 2.36 bits per heavy atom. The predicted octanol–water partition coefficient (Wildman–Crippen LogP) is -0.556. The van der Waals surface area contributed by atoms with Gasteiger partial charge in [0.25, 0.3) is 0 Å². The molecule has 0 aromatic carbocycles. The van der Waals surface area contributed by atoms with Crippen molar-refractivity contribution in [3.63, 3.8) is 0 Å². The molecule has 0 bridgehead atoms. The van der Waals surface area contributed by atoms with E-state index in [1.807, 2.05) is 0 Å². The summed E-state index contributed by atoms with van der Waals surface area (Å²) in [5.41, 5.74) is 2.45. The van der Waals surface area contributed by atoms with E-state index in [4.69, 9.17) is 5.11 Å². The van der Waals surface area contributed by atoms with Crippen molar-refractivity contribution in [1.29, 1.82) is 0 Å². The van der Waals surface area contributed by atoms with Crippen LogP contribution in [0.15, 0.2) is 0 Å². The molecule has 64 valence electrons. The summed E-state index contributed by atoms with van der Waals surface area (Å²) in [5, 5.41) is 9.48. The molecule has 0 aromatic rings. The molecule has 0 atom stereocenters. The van der Waals surface area contributed by atoms with Crippen molar-refractivity contribution >= 4 is 11.9 Å². The van der Waals surface area contributed by atoms with Crippen molar-refractivity contribution in [2.75, 3.05) is 13.1 Å². The molecule has 0 saturated carbocycles. The lowest BCUT2D eigenvalue weighted by Gasteiger charge is -2.18. The zero-order valence-electron chi connectivity index (χ0n) is 6.63. The van der Waals surface area contributed by atoms with E-state index in [9.17, 15) is 9.59 Å². The average Bonchev–Trinajstić information content (AvgIpc) is 1.87. The number of amides is 1. The number of nitrogens with one attached hydrogen (secondary N) is 1. The molecule has 0 heterocycles. The summed E-state index contributed by atoms with van der Waals surface area (Å²) in [4.78, 5) is 20.7. The van der Waals surface area contributed by atoms with Crippen molar-refractivity contribution in [3.8, 4) is 0 Å². The van der Waals surface area contributed by atoms with E-state index in [2.05, 4.69) is 5.43 Å². The number of hydrogen-bond acceptors (Lipinski definition) is 3. The Morgan fingerprint density at radius 2 is 2.09 bits per heavy atom. The minimum absolute atomic E-state index is 0.186. The summed E-state index contributed by atoms with van der Waals surface area (Å²) >= 11 is 0. The SMILES string of the molecule is CCN(NCC(=O)O)C(C)=O. The van der Waals surface area contributed by atoms with Gasteiger partial charge in [0, 0.05) is 13.5 Å². The van der Waals surface area contributed by atoms with Crippen LogP contribution in [0.3, 0.4) is 0 Å². The number of carbonyl (C=O) groups excluding carboxylic acids is 1. The molecule has 5 heteroatoms. The zero-order valence-corrected chi connectivity index (χ0v) is 6.63. The molecule has 0 unspecified atom stereocenters. The van der Waals surface area contributed by atoms with Crippen molar-refractivity contribution in [1.82, 2.24) is 10.4 Å². The second kappa shape index (κ2) is 4.68. The molecule has 0 rings (SSSR count). The van der Waals surface area contributed by atoms with E-state index < -0.39 is 5.97 Å². The molecule has 5 nitrogen and oxygen atoms in total. The topological polar surface area (TPSA) is 69.6 Å². The maximum Gasteiger partial charge on any atom is 0.319 e. The fourth-order valence-corrected chi connectivity index (χ4v) is 0.609. The number of carboxylic acids is 1. The summed E-state index contributed by atoms with van der Waals surface area (Å²) in [6.45, 7) is 3.37. The van der Waals surface area contributed by atoms with Gasteiger partial charge >= 0.3 is 5.97 Å². The van der Waals surface area contributed by atoms with Crippen LogP contribution in [0.4, 0.5) is 0 Å². The number of hydrogen-bond donors (Lipinski definition) is 2. The summed E-state index contributed by atoms with van der Waals surface area (Å²) < 4.78 is 0. The van der Waals surface area contributed by atoms with Crippen LogP contribution in [0, 0.1) is 0 Å². The summed E-state index contributed by atoms with van der Waals surface area (Å²) in [5.74, 6) is -1.17. The Balaban J connectivity index is 3.70. The van der Waals surface area contributed by atoms with Crippen molar-refractivity contribution in [2.45, 2.75) is 13.8 Å².